The fraction of sp³-hybridized carbons (Fsp3) is 0.300. The predicted molar refractivity (Wildman–Crippen MR) is 104 cm³/mol. The summed E-state index contributed by atoms with van der Waals surface area (Å²) in [5.41, 5.74) is 2.41. The van der Waals surface area contributed by atoms with Crippen LogP contribution in [0.2, 0.25) is 5.02 Å². The van der Waals surface area contributed by atoms with Crippen LogP contribution >= 0.6 is 11.6 Å². The van der Waals surface area contributed by atoms with E-state index in [1.54, 1.807) is 24.3 Å². The van der Waals surface area contributed by atoms with Gasteiger partial charge in [0.15, 0.2) is 12.7 Å². The van der Waals surface area contributed by atoms with Crippen LogP contribution in [0.15, 0.2) is 36.4 Å². The molecule has 1 atom stereocenters. The number of benzene rings is 2. The molecular formula is C20H22ClNO5. The van der Waals surface area contributed by atoms with Crippen molar-refractivity contribution in [2.75, 3.05) is 19.0 Å². The van der Waals surface area contributed by atoms with Gasteiger partial charge < -0.3 is 19.5 Å². The van der Waals surface area contributed by atoms with Crippen LogP contribution in [-0.2, 0) is 14.3 Å². The maximum atomic E-state index is 12.3. The van der Waals surface area contributed by atoms with E-state index in [0.29, 0.717) is 22.2 Å². The maximum absolute atomic E-state index is 12.3. The Morgan fingerprint density at radius 3 is 2.48 bits per heavy atom. The van der Waals surface area contributed by atoms with E-state index in [9.17, 15) is 9.59 Å². The number of methoxy groups -OCH3 is 1. The molecule has 1 amide bonds. The van der Waals surface area contributed by atoms with E-state index in [1.807, 2.05) is 26.0 Å². The number of hydrogen-bond acceptors (Lipinski definition) is 5. The van der Waals surface area contributed by atoms with E-state index < -0.39 is 18.0 Å². The minimum Gasteiger partial charge on any atom is -0.495 e. The van der Waals surface area contributed by atoms with Crippen LogP contribution in [-0.4, -0.2) is 31.7 Å². The zero-order chi connectivity index (χ0) is 20.0. The van der Waals surface area contributed by atoms with Crippen molar-refractivity contribution >= 4 is 29.2 Å². The molecule has 2 rings (SSSR count). The molecule has 0 bridgehead atoms. The Morgan fingerprint density at radius 1 is 1.11 bits per heavy atom. The first-order chi connectivity index (χ1) is 12.8. The normalized spacial score (nSPS) is 11.4. The SMILES string of the molecule is COc1ccc(Cl)cc1NC(=O)[C@@H](C)OC(=O)COc1ccc(C)cc1C. The average Bonchev–Trinajstić information content (AvgIpc) is 2.61. The molecule has 6 nitrogen and oxygen atoms in total. The van der Waals surface area contributed by atoms with Gasteiger partial charge in [0.1, 0.15) is 11.5 Å². The number of esters is 1. The second-order valence-electron chi connectivity index (χ2n) is 6.02. The molecule has 0 aliphatic carbocycles. The van der Waals surface area contributed by atoms with Crippen LogP contribution in [0.25, 0.3) is 0 Å². The van der Waals surface area contributed by atoms with E-state index >= 15 is 0 Å². The lowest BCUT2D eigenvalue weighted by atomic mass is 10.1. The average molecular weight is 392 g/mol. The first-order valence-electron chi connectivity index (χ1n) is 8.34. The van der Waals surface area contributed by atoms with Crippen LogP contribution in [0.3, 0.4) is 0 Å². The number of anilines is 1. The number of carbonyl (C=O) groups is 2. The molecule has 0 aliphatic rings. The van der Waals surface area contributed by atoms with Gasteiger partial charge in [0.05, 0.1) is 12.8 Å². The van der Waals surface area contributed by atoms with Crippen LogP contribution in [0.1, 0.15) is 18.1 Å². The summed E-state index contributed by atoms with van der Waals surface area (Å²) in [5, 5.41) is 3.07. The lowest BCUT2D eigenvalue weighted by Crippen LogP contribution is -2.31. The van der Waals surface area contributed by atoms with Gasteiger partial charge in [-0.3, -0.25) is 4.79 Å². The van der Waals surface area contributed by atoms with Gasteiger partial charge in [-0.15, -0.1) is 0 Å². The number of carbonyl (C=O) groups excluding carboxylic acids is 2. The van der Waals surface area contributed by atoms with Crippen molar-refractivity contribution in [1.29, 1.82) is 0 Å². The molecule has 7 heteroatoms. The Labute approximate surface area is 163 Å². The Bertz CT molecular complexity index is 837. The second-order valence-corrected chi connectivity index (χ2v) is 6.46. The first kappa shape index (κ1) is 20.6. The molecule has 0 radical (unpaired) electrons. The number of halogens is 1. The van der Waals surface area contributed by atoms with Crippen molar-refractivity contribution in [1.82, 2.24) is 0 Å². The van der Waals surface area contributed by atoms with Gasteiger partial charge in [0, 0.05) is 5.02 Å². The van der Waals surface area contributed by atoms with Crippen LogP contribution in [0.4, 0.5) is 5.69 Å². The summed E-state index contributed by atoms with van der Waals surface area (Å²) in [6.07, 6.45) is -1.01. The molecule has 0 spiro atoms. The highest BCUT2D eigenvalue weighted by Gasteiger charge is 2.20. The fourth-order valence-corrected chi connectivity index (χ4v) is 2.57. The molecular weight excluding hydrogens is 370 g/mol. The highest BCUT2D eigenvalue weighted by molar-refractivity contribution is 6.31. The number of nitrogens with one attached hydrogen (secondary N) is 1. The highest BCUT2D eigenvalue weighted by atomic mass is 35.5. The Morgan fingerprint density at radius 2 is 1.81 bits per heavy atom. The van der Waals surface area contributed by atoms with Crippen molar-refractivity contribution in [3.63, 3.8) is 0 Å². The molecule has 2 aromatic carbocycles. The smallest absolute Gasteiger partial charge is 0.344 e. The number of rotatable bonds is 7. The van der Waals surface area contributed by atoms with Gasteiger partial charge in [0.25, 0.3) is 5.91 Å². The molecule has 1 N–H and O–H groups in total. The van der Waals surface area contributed by atoms with Crippen molar-refractivity contribution in [2.24, 2.45) is 0 Å². The summed E-state index contributed by atoms with van der Waals surface area (Å²) in [6.45, 7) is 5.05. The lowest BCUT2D eigenvalue weighted by molar-refractivity contribution is -0.155. The third-order valence-electron chi connectivity index (χ3n) is 3.77. The van der Waals surface area contributed by atoms with E-state index in [-0.39, 0.29) is 6.61 Å². The first-order valence-corrected chi connectivity index (χ1v) is 8.72. The second kappa shape index (κ2) is 9.28. The van der Waals surface area contributed by atoms with Crippen molar-refractivity contribution in [2.45, 2.75) is 26.9 Å². The van der Waals surface area contributed by atoms with Gasteiger partial charge >= 0.3 is 5.97 Å². The summed E-state index contributed by atoms with van der Waals surface area (Å²) in [6, 6.07) is 10.5. The van der Waals surface area contributed by atoms with E-state index in [2.05, 4.69) is 5.32 Å². The van der Waals surface area contributed by atoms with Gasteiger partial charge in [-0.25, -0.2) is 4.79 Å². The molecule has 0 aromatic heterocycles. The highest BCUT2D eigenvalue weighted by Crippen LogP contribution is 2.27. The summed E-state index contributed by atoms with van der Waals surface area (Å²) in [4.78, 5) is 24.2. The summed E-state index contributed by atoms with van der Waals surface area (Å²) < 4.78 is 15.8. The van der Waals surface area contributed by atoms with Gasteiger partial charge in [-0.2, -0.15) is 0 Å². The number of hydrogen-bond donors (Lipinski definition) is 1. The zero-order valence-electron chi connectivity index (χ0n) is 15.7. The van der Waals surface area contributed by atoms with Crippen LogP contribution in [0, 0.1) is 13.8 Å². The Kier molecular flexibility index (Phi) is 7.07. The Balaban J connectivity index is 1.90. The number of amides is 1. The molecule has 27 heavy (non-hydrogen) atoms. The number of ether oxygens (including phenoxy) is 3. The van der Waals surface area contributed by atoms with Gasteiger partial charge in [-0.05, 0) is 50.6 Å². The summed E-state index contributed by atoms with van der Waals surface area (Å²) >= 11 is 5.93. The molecule has 0 aliphatic heterocycles. The summed E-state index contributed by atoms with van der Waals surface area (Å²) in [5.74, 6) is -0.103. The monoisotopic (exact) mass is 391 g/mol. The van der Waals surface area contributed by atoms with Crippen LogP contribution in [0.5, 0.6) is 11.5 Å². The molecule has 0 saturated heterocycles. The fourth-order valence-electron chi connectivity index (χ4n) is 2.39. The van der Waals surface area contributed by atoms with Gasteiger partial charge in [-0.1, -0.05) is 29.3 Å². The number of aryl methyl sites for hydroxylation is 2. The molecule has 0 saturated carbocycles. The van der Waals surface area contributed by atoms with Gasteiger partial charge in [0.2, 0.25) is 0 Å². The third-order valence-corrected chi connectivity index (χ3v) is 4.01. The lowest BCUT2D eigenvalue weighted by Gasteiger charge is -2.16. The molecule has 2 aromatic rings. The van der Waals surface area contributed by atoms with Crippen molar-refractivity contribution in [3.05, 3.63) is 52.5 Å². The molecule has 0 unspecified atom stereocenters. The largest absolute Gasteiger partial charge is 0.495 e. The molecule has 144 valence electrons. The van der Waals surface area contributed by atoms with Crippen molar-refractivity contribution in [3.8, 4) is 11.5 Å². The predicted octanol–water partition coefficient (Wildman–Crippen LogP) is 3.91. The molecule has 0 heterocycles. The van der Waals surface area contributed by atoms with Crippen molar-refractivity contribution < 1.29 is 23.8 Å². The topological polar surface area (TPSA) is 73.9 Å². The third kappa shape index (κ3) is 5.89. The Hall–Kier alpha value is -2.73. The molecule has 0 fully saturated rings. The quantitative estimate of drug-likeness (QED) is 0.724. The van der Waals surface area contributed by atoms with Crippen LogP contribution < -0.4 is 14.8 Å². The van der Waals surface area contributed by atoms with E-state index in [4.69, 9.17) is 25.8 Å². The summed E-state index contributed by atoms with van der Waals surface area (Å²) in [7, 11) is 1.48. The minimum absolute atomic E-state index is 0.290. The zero-order valence-corrected chi connectivity index (χ0v) is 16.4. The van der Waals surface area contributed by atoms with E-state index in [0.717, 1.165) is 11.1 Å². The standard InChI is InChI=1S/C20H22ClNO5/c1-12-5-7-17(13(2)9-12)26-11-19(23)27-14(3)20(24)22-16-10-15(21)6-8-18(16)25-4/h5-10,14H,11H2,1-4H3,(H,22,24)/t14-/m1/s1. The maximum Gasteiger partial charge on any atom is 0.344 e. The van der Waals surface area contributed by atoms with E-state index in [1.165, 1.54) is 14.0 Å². The minimum atomic E-state index is -1.01.